The van der Waals surface area contributed by atoms with Crippen molar-refractivity contribution in [2.45, 2.75) is 187 Å². The third-order valence-electron chi connectivity index (χ3n) is 10.0. The fourth-order valence-electron chi connectivity index (χ4n) is 6.62. The first kappa shape index (κ1) is 53.9. The number of aliphatic hydroxyl groups excluding tert-OH is 2. The van der Waals surface area contributed by atoms with Crippen molar-refractivity contribution in [1.29, 1.82) is 0 Å². The van der Waals surface area contributed by atoms with Crippen molar-refractivity contribution < 1.29 is 66.3 Å². The van der Waals surface area contributed by atoms with Crippen LogP contribution in [0.2, 0.25) is 0 Å². The molecule has 3 unspecified atom stereocenters. The Labute approximate surface area is 355 Å². The second-order valence-electron chi connectivity index (χ2n) is 16.5. The van der Waals surface area contributed by atoms with E-state index in [0.29, 0.717) is 18.8 Å². The summed E-state index contributed by atoms with van der Waals surface area (Å²) >= 11 is 0. The number of nitrogen functional groups attached to an aromatic ring is 1. The fraction of sp³-hybridized carbons (Fsp3) is 0.850. The Balaban J connectivity index is 1.85. The van der Waals surface area contributed by atoms with Crippen LogP contribution in [0.3, 0.4) is 0 Å². The summed E-state index contributed by atoms with van der Waals surface area (Å²) in [7, 11) is -10.8. The molecule has 0 bridgehead atoms. The molecule has 2 heterocycles. The van der Waals surface area contributed by atoms with E-state index in [2.05, 4.69) is 37.0 Å². The lowest BCUT2D eigenvalue weighted by molar-refractivity contribution is -0.161. The number of phosphoric acid groups is 2. The van der Waals surface area contributed by atoms with Gasteiger partial charge in [0.05, 0.1) is 13.2 Å². The molecule has 1 saturated heterocycles. The van der Waals surface area contributed by atoms with Gasteiger partial charge in [-0.3, -0.25) is 23.2 Å². The lowest BCUT2D eigenvalue weighted by atomic mass is 10.0. The average molecular weight is 898 g/mol. The Morgan fingerprint density at radius 2 is 1.23 bits per heavy atom. The molecule has 0 radical (unpaired) electrons. The SMILES string of the molecule is CC(C)CCCCCCCCCCC(=O)OC[C@H](COP(=O)(O)OP(=O)(O)OC[C@H]1O[C@@H](n2ccc(N)nc2=O)C(O)[C@H]1O)OC(=O)CCCCCCCCCCC(C)C. The molecule has 20 heteroatoms. The molecule has 1 aromatic rings. The van der Waals surface area contributed by atoms with Gasteiger partial charge < -0.3 is 39.9 Å². The van der Waals surface area contributed by atoms with Crippen molar-refractivity contribution >= 4 is 33.4 Å². The number of esters is 2. The van der Waals surface area contributed by atoms with Crippen LogP contribution < -0.4 is 11.4 Å². The van der Waals surface area contributed by atoms with E-state index in [9.17, 15) is 43.5 Å². The van der Waals surface area contributed by atoms with Crippen LogP contribution in [-0.4, -0.2) is 85.7 Å². The molecule has 0 aliphatic carbocycles. The van der Waals surface area contributed by atoms with Gasteiger partial charge in [0.2, 0.25) is 0 Å². The summed E-state index contributed by atoms with van der Waals surface area (Å²) in [5.41, 5.74) is 4.57. The highest BCUT2D eigenvalue weighted by Gasteiger charge is 2.46. The third kappa shape index (κ3) is 23.8. The highest BCUT2D eigenvalue weighted by molar-refractivity contribution is 7.61. The van der Waals surface area contributed by atoms with Crippen molar-refractivity contribution in [3.63, 3.8) is 0 Å². The maximum atomic E-state index is 12.8. The highest BCUT2D eigenvalue weighted by Crippen LogP contribution is 2.60. The molecule has 18 nitrogen and oxygen atoms in total. The number of carbonyl (C=O) groups is 2. The minimum absolute atomic E-state index is 0.0532. The van der Waals surface area contributed by atoms with Gasteiger partial charge in [-0.25, -0.2) is 13.9 Å². The number of aromatic nitrogens is 2. The predicted molar refractivity (Wildman–Crippen MR) is 224 cm³/mol. The van der Waals surface area contributed by atoms with Gasteiger partial charge in [-0.05, 0) is 30.7 Å². The van der Waals surface area contributed by atoms with E-state index in [1.807, 2.05) is 0 Å². The molecule has 6 N–H and O–H groups in total. The highest BCUT2D eigenvalue weighted by atomic mass is 31.3. The lowest BCUT2D eigenvalue weighted by Crippen LogP contribution is -2.36. The smallest absolute Gasteiger partial charge is 0.462 e. The number of nitrogens with zero attached hydrogens (tertiary/aromatic N) is 2. The maximum Gasteiger partial charge on any atom is 0.481 e. The molecule has 7 atom stereocenters. The first-order valence-corrected chi connectivity index (χ1v) is 24.8. The first-order chi connectivity index (χ1) is 28.4. The van der Waals surface area contributed by atoms with Crippen LogP contribution in [0.5, 0.6) is 0 Å². The second-order valence-corrected chi connectivity index (χ2v) is 19.6. The Morgan fingerprint density at radius 1 is 0.750 bits per heavy atom. The van der Waals surface area contributed by atoms with Crippen LogP contribution in [0.1, 0.15) is 162 Å². The zero-order valence-electron chi connectivity index (χ0n) is 36.1. The van der Waals surface area contributed by atoms with Crippen LogP contribution in [-0.2, 0) is 46.3 Å². The van der Waals surface area contributed by atoms with Crippen molar-refractivity contribution in [2.75, 3.05) is 25.6 Å². The number of unbranched alkanes of at least 4 members (excludes halogenated alkanes) is 14. The predicted octanol–water partition coefficient (Wildman–Crippen LogP) is 7.26. The number of phosphoric ester groups is 2. The van der Waals surface area contributed by atoms with Gasteiger partial charge in [-0.15, -0.1) is 0 Å². The number of hydrogen-bond acceptors (Lipinski definition) is 15. The molecule has 0 amide bonds. The summed E-state index contributed by atoms with van der Waals surface area (Å²) in [6.45, 7) is 6.62. The Hall–Kier alpha value is -2.24. The molecule has 1 aliphatic rings. The number of hydrogen-bond donors (Lipinski definition) is 5. The number of carbonyl (C=O) groups excluding carboxylic acids is 2. The van der Waals surface area contributed by atoms with Gasteiger partial charge in [0.1, 0.15) is 30.7 Å². The van der Waals surface area contributed by atoms with Crippen LogP contribution in [0, 0.1) is 11.8 Å². The van der Waals surface area contributed by atoms with Crippen molar-refractivity contribution in [3.05, 3.63) is 22.7 Å². The zero-order chi connectivity index (χ0) is 44.6. The van der Waals surface area contributed by atoms with E-state index >= 15 is 0 Å². The number of anilines is 1. The third-order valence-corrected chi connectivity index (χ3v) is 12.6. The Morgan fingerprint density at radius 3 is 1.75 bits per heavy atom. The monoisotopic (exact) mass is 897 g/mol. The fourth-order valence-corrected chi connectivity index (χ4v) is 8.73. The van der Waals surface area contributed by atoms with Crippen LogP contribution in [0.4, 0.5) is 5.82 Å². The van der Waals surface area contributed by atoms with Gasteiger partial charge in [-0.2, -0.15) is 9.29 Å². The standard InChI is InChI=1S/C40H73N3O15P2/c1-30(2)21-17-13-9-5-7-11-15-19-23-35(44)53-27-32(56-36(45)24-20-16-12-8-6-10-14-18-22-31(3)4)28-54-59(49,50)58-60(51,52)55-29-33-37(46)38(47)39(57-33)43-26-25-34(41)42-40(43)48/h25-26,30-33,37-39,46-47H,5-24,27-29H2,1-4H3,(H,49,50)(H,51,52)(H2,41,42,48)/t32-,33-,37+,38?,39-/m1/s1. The van der Waals surface area contributed by atoms with Crippen LogP contribution >= 0.6 is 15.6 Å². The van der Waals surface area contributed by atoms with Gasteiger partial charge in [-0.1, -0.05) is 130 Å². The normalized spacial score (nSPS) is 20.6. The minimum atomic E-state index is -5.41. The van der Waals surface area contributed by atoms with Gasteiger partial charge in [0, 0.05) is 19.0 Å². The number of aliphatic hydroxyl groups is 2. The molecule has 0 spiro atoms. The topological polar surface area (TPSA) is 265 Å². The summed E-state index contributed by atoms with van der Waals surface area (Å²) in [6.07, 6.45) is 12.6. The Bertz CT molecular complexity index is 1530. The van der Waals surface area contributed by atoms with Crippen LogP contribution in [0.15, 0.2) is 17.1 Å². The average Bonchev–Trinajstić information content (AvgIpc) is 3.44. The van der Waals surface area contributed by atoms with E-state index in [-0.39, 0.29) is 18.7 Å². The van der Waals surface area contributed by atoms with Gasteiger partial charge >= 0.3 is 33.3 Å². The number of ether oxygens (including phenoxy) is 3. The molecule has 60 heavy (non-hydrogen) atoms. The number of nitrogens with two attached hydrogens (primary N) is 1. The van der Waals surface area contributed by atoms with E-state index in [0.717, 1.165) is 68.0 Å². The molecule has 348 valence electrons. The first-order valence-electron chi connectivity index (χ1n) is 21.8. The molecular formula is C40H73N3O15P2. The summed E-state index contributed by atoms with van der Waals surface area (Å²) in [5.74, 6) is 0.143. The zero-order valence-corrected chi connectivity index (χ0v) is 37.9. The van der Waals surface area contributed by atoms with Crippen molar-refractivity contribution in [1.82, 2.24) is 9.55 Å². The van der Waals surface area contributed by atoms with Crippen LogP contribution in [0.25, 0.3) is 0 Å². The molecule has 1 aliphatic heterocycles. The van der Waals surface area contributed by atoms with E-state index in [1.54, 1.807) is 0 Å². The van der Waals surface area contributed by atoms with E-state index < -0.39 is 83.7 Å². The Kier molecular flexibility index (Phi) is 26.2. The molecule has 1 aromatic heterocycles. The van der Waals surface area contributed by atoms with Gasteiger partial charge in [0.25, 0.3) is 0 Å². The maximum absolute atomic E-state index is 12.8. The van der Waals surface area contributed by atoms with Crippen molar-refractivity contribution in [2.24, 2.45) is 11.8 Å². The summed E-state index contributed by atoms with van der Waals surface area (Å²) in [6, 6.07) is 1.25. The quantitative estimate of drug-likeness (QED) is 0.0259. The molecular weight excluding hydrogens is 824 g/mol. The molecule has 0 aromatic carbocycles. The molecule has 1 fully saturated rings. The molecule has 0 saturated carbocycles. The lowest BCUT2D eigenvalue weighted by Gasteiger charge is -2.21. The number of rotatable bonds is 34. The summed E-state index contributed by atoms with van der Waals surface area (Å²) < 4.78 is 56.5. The largest absolute Gasteiger partial charge is 0.481 e. The van der Waals surface area contributed by atoms with E-state index in [1.165, 1.54) is 57.4 Å². The summed E-state index contributed by atoms with van der Waals surface area (Å²) in [4.78, 5) is 61.5. The molecule has 2 rings (SSSR count). The minimum Gasteiger partial charge on any atom is -0.462 e. The van der Waals surface area contributed by atoms with E-state index in [4.69, 9.17) is 29.0 Å². The summed E-state index contributed by atoms with van der Waals surface area (Å²) in [5, 5.41) is 20.8. The van der Waals surface area contributed by atoms with Crippen molar-refractivity contribution in [3.8, 4) is 0 Å². The second kappa shape index (κ2) is 29.2. The van der Waals surface area contributed by atoms with Gasteiger partial charge in [0.15, 0.2) is 12.3 Å².